The first-order valence-electron chi connectivity index (χ1n) is 7.95. The molecule has 0 fully saturated rings. The molecule has 4 nitrogen and oxygen atoms in total. The number of aromatic hydroxyl groups is 1. The molecule has 120 valence electrons. The van der Waals surface area contributed by atoms with Crippen LogP contribution in [0.15, 0.2) is 60.2 Å². The number of benzene rings is 2. The van der Waals surface area contributed by atoms with E-state index in [1.807, 2.05) is 24.3 Å². The molecule has 4 heteroatoms. The molecule has 0 bridgehead atoms. The van der Waals surface area contributed by atoms with Crippen LogP contribution in [0.1, 0.15) is 40.7 Å². The lowest BCUT2D eigenvalue weighted by molar-refractivity contribution is -0.118. The zero-order chi connectivity index (χ0) is 16.7. The van der Waals surface area contributed by atoms with Crippen LogP contribution in [0.5, 0.6) is 5.75 Å². The summed E-state index contributed by atoms with van der Waals surface area (Å²) in [7, 11) is 0. The van der Waals surface area contributed by atoms with Crippen molar-refractivity contribution < 1.29 is 19.4 Å². The molecule has 0 radical (unpaired) electrons. The van der Waals surface area contributed by atoms with E-state index in [0.29, 0.717) is 24.8 Å². The SMILES string of the molecule is O=C1CC=C(C2(c3ccc(O)cc3)OC(=O)c3ccccc32)CC1. The second-order valence-electron chi connectivity index (χ2n) is 6.14. The predicted octanol–water partition coefficient (Wildman–Crippen LogP) is 3.49. The summed E-state index contributed by atoms with van der Waals surface area (Å²) in [6.07, 6.45) is 3.25. The van der Waals surface area contributed by atoms with Gasteiger partial charge in [-0.2, -0.15) is 0 Å². The van der Waals surface area contributed by atoms with Gasteiger partial charge in [-0.1, -0.05) is 36.4 Å². The van der Waals surface area contributed by atoms with E-state index in [9.17, 15) is 14.7 Å². The standard InChI is InChI=1S/C20H16O4/c21-15-9-5-13(6-10-15)20(14-7-11-16(22)12-8-14)18-4-2-1-3-17(18)19(23)24-20/h1-7,9-10,21H,8,11-12H2. The lowest BCUT2D eigenvalue weighted by Gasteiger charge is -2.34. The Morgan fingerprint density at radius 2 is 1.71 bits per heavy atom. The fourth-order valence-corrected chi connectivity index (χ4v) is 3.59. The van der Waals surface area contributed by atoms with Crippen molar-refractivity contribution in [3.63, 3.8) is 0 Å². The van der Waals surface area contributed by atoms with Gasteiger partial charge in [-0.25, -0.2) is 4.79 Å². The van der Waals surface area contributed by atoms with Crippen LogP contribution in [0, 0.1) is 0 Å². The summed E-state index contributed by atoms with van der Waals surface area (Å²) < 4.78 is 5.92. The maximum atomic E-state index is 12.5. The minimum Gasteiger partial charge on any atom is -0.508 e. The summed E-state index contributed by atoms with van der Waals surface area (Å²) in [6, 6.07) is 14.0. The monoisotopic (exact) mass is 320 g/mol. The number of esters is 1. The largest absolute Gasteiger partial charge is 0.508 e. The summed E-state index contributed by atoms with van der Waals surface area (Å²) in [5.74, 6) is -0.0204. The highest BCUT2D eigenvalue weighted by atomic mass is 16.6. The number of carbonyl (C=O) groups excluding carboxylic acids is 2. The van der Waals surface area contributed by atoms with Crippen molar-refractivity contribution in [3.8, 4) is 5.75 Å². The molecule has 1 N–H and O–H groups in total. The minimum absolute atomic E-state index is 0.152. The maximum Gasteiger partial charge on any atom is 0.340 e. The van der Waals surface area contributed by atoms with Crippen LogP contribution in [0.25, 0.3) is 0 Å². The van der Waals surface area contributed by atoms with Gasteiger partial charge in [-0.15, -0.1) is 0 Å². The van der Waals surface area contributed by atoms with E-state index in [1.54, 1.807) is 30.3 Å². The zero-order valence-electron chi connectivity index (χ0n) is 13.0. The van der Waals surface area contributed by atoms with E-state index in [0.717, 1.165) is 16.7 Å². The van der Waals surface area contributed by atoms with Gasteiger partial charge in [0.05, 0.1) is 5.56 Å². The number of ether oxygens (including phenoxy) is 1. The molecule has 2 aromatic rings. The van der Waals surface area contributed by atoms with Gasteiger partial charge in [-0.05, 0) is 30.2 Å². The third kappa shape index (κ3) is 2.07. The number of phenolic OH excluding ortho intramolecular Hbond substituents is 1. The molecular weight excluding hydrogens is 304 g/mol. The highest BCUT2D eigenvalue weighted by Gasteiger charge is 2.49. The van der Waals surface area contributed by atoms with E-state index in [-0.39, 0.29) is 17.5 Å². The second-order valence-corrected chi connectivity index (χ2v) is 6.14. The van der Waals surface area contributed by atoms with Gasteiger partial charge < -0.3 is 9.84 Å². The zero-order valence-corrected chi connectivity index (χ0v) is 13.0. The maximum absolute atomic E-state index is 12.5. The third-order valence-corrected chi connectivity index (χ3v) is 4.75. The summed E-state index contributed by atoms with van der Waals surface area (Å²) in [5, 5.41) is 9.61. The number of cyclic esters (lactones) is 1. The Balaban J connectivity index is 1.97. The number of hydrogen-bond donors (Lipinski definition) is 1. The first-order valence-corrected chi connectivity index (χ1v) is 7.95. The molecule has 1 aliphatic heterocycles. The number of Topliss-reactive ketones (excluding diaryl/α,β-unsaturated/α-hetero) is 1. The van der Waals surface area contributed by atoms with Gasteiger partial charge in [0.1, 0.15) is 11.5 Å². The Labute approximate surface area is 139 Å². The number of hydrogen-bond acceptors (Lipinski definition) is 4. The van der Waals surface area contributed by atoms with E-state index in [1.165, 1.54) is 0 Å². The molecule has 1 atom stereocenters. The molecule has 1 aliphatic carbocycles. The summed E-state index contributed by atoms with van der Waals surface area (Å²) in [6.45, 7) is 0. The Bertz CT molecular complexity index is 863. The summed E-state index contributed by atoms with van der Waals surface area (Å²) in [5.41, 5.74) is 2.03. The Morgan fingerprint density at radius 1 is 0.958 bits per heavy atom. The quantitative estimate of drug-likeness (QED) is 0.679. The molecule has 0 saturated heterocycles. The number of allylic oxidation sites excluding steroid dienone is 1. The van der Waals surface area contributed by atoms with Crippen LogP contribution in [0.2, 0.25) is 0 Å². The lowest BCUT2D eigenvalue weighted by Crippen LogP contribution is -2.32. The normalized spacial score (nSPS) is 22.8. The van der Waals surface area contributed by atoms with Gasteiger partial charge >= 0.3 is 5.97 Å². The number of phenols is 1. The third-order valence-electron chi connectivity index (χ3n) is 4.75. The van der Waals surface area contributed by atoms with E-state index < -0.39 is 5.60 Å². The van der Waals surface area contributed by atoms with Crippen LogP contribution in [0.3, 0.4) is 0 Å². The molecule has 1 heterocycles. The van der Waals surface area contributed by atoms with Crippen molar-refractivity contribution in [1.82, 2.24) is 0 Å². The smallest absolute Gasteiger partial charge is 0.340 e. The Hall–Kier alpha value is -2.88. The van der Waals surface area contributed by atoms with Crippen molar-refractivity contribution in [2.45, 2.75) is 24.9 Å². The fourth-order valence-electron chi connectivity index (χ4n) is 3.59. The number of rotatable bonds is 2. The molecule has 2 aromatic carbocycles. The number of carbonyl (C=O) groups is 2. The Kier molecular flexibility index (Phi) is 3.27. The second kappa shape index (κ2) is 5.34. The van der Waals surface area contributed by atoms with Crippen molar-refractivity contribution in [3.05, 3.63) is 76.9 Å². The molecule has 4 rings (SSSR count). The van der Waals surface area contributed by atoms with E-state index >= 15 is 0 Å². The van der Waals surface area contributed by atoms with Gasteiger partial charge in [0.15, 0.2) is 5.60 Å². The van der Waals surface area contributed by atoms with Crippen LogP contribution >= 0.6 is 0 Å². The molecule has 2 aliphatic rings. The topological polar surface area (TPSA) is 63.6 Å². The first kappa shape index (κ1) is 14.7. The van der Waals surface area contributed by atoms with Crippen LogP contribution in [-0.4, -0.2) is 16.9 Å². The first-order chi connectivity index (χ1) is 11.6. The summed E-state index contributed by atoms with van der Waals surface area (Å²) in [4.78, 5) is 24.1. The highest BCUT2D eigenvalue weighted by Crippen LogP contribution is 2.49. The van der Waals surface area contributed by atoms with Crippen molar-refractivity contribution in [1.29, 1.82) is 0 Å². The minimum atomic E-state index is -1.01. The van der Waals surface area contributed by atoms with Crippen LogP contribution < -0.4 is 0 Å². The van der Waals surface area contributed by atoms with Gasteiger partial charge in [0, 0.05) is 24.0 Å². The molecule has 0 amide bonds. The van der Waals surface area contributed by atoms with Gasteiger partial charge in [-0.3, -0.25) is 4.79 Å². The average Bonchev–Trinajstić information content (AvgIpc) is 2.91. The molecule has 0 saturated carbocycles. The van der Waals surface area contributed by atoms with Crippen molar-refractivity contribution >= 4 is 11.8 Å². The number of fused-ring (bicyclic) bond motifs is 1. The Morgan fingerprint density at radius 3 is 2.42 bits per heavy atom. The van der Waals surface area contributed by atoms with Gasteiger partial charge in [0.25, 0.3) is 0 Å². The predicted molar refractivity (Wildman–Crippen MR) is 87.7 cm³/mol. The van der Waals surface area contributed by atoms with Gasteiger partial charge in [0.2, 0.25) is 0 Å². The highest BCUT2D eigenvalue weighted by molar-refractivity contribution is 5.96. The van der Waals surface area contributed by atoms with Crippen molar-refractivity contribution in [2.24, 2.45) is 0 Å². The molecule has 24 heavy (non-hydrogen) atoms. The lowest BCUT2D eigenvalue weighted by atomic mass is 9.75. The van der Waals surface area contributed by atoms with Crippen LogP contribution in [0.4, 0.5) is 0 Å². The fraction of sp³-hybridized carbons (Fsp3) is 0.200. The molecular formula is C20H16O4. The van der Waals surface area contributed by atoms with E-state index in [2.05, 4.69) is 0 Å². The average molecular weight is 320 g/mol. The molecule has 0 spiro atoms. The van der Waals surface area contributed by atoms with Crippen LogP contribution in [-0.2, 0) is 15.1 Å². The molecule has 0 aromatic heterocycles. The van der Waals surface area contributed by atoms with Crippen molar-refractivity contribution in [2.75, 3.05) is 0 Å². The number of ketones is 1. The summed E-state index contributed by atoms with van der Waals surface area (Å²) >= 11 is 0. The van der Waals surface area contributed by atoms with E-state index in [4.69, 9.17) is 4.74 Å². The molecule has 1 unspecified atom stereocenters.